The number of rotatable bonds is 2. The molecule has 76 valence electrons. The number of nitrogens with zero attached hydrogens (tertiary/aromatic N) is 1. The van der Waals surface area contributed by atoms with Crippen LogP contribution in [0.3, 0.4) is 0 Å². The predicted molar refractivity (Wildman–Crippen MR) is 58.0 cm³/mol. The van der Waals surface area contributed by atoms with Crippen molar-refractivity contribution in [3.8, 4) is 0 Å². The molecular weight excluding hydrogens is 178 g/mol. The third-order valence-electron chi connectivity index (χ3n) is 2.34. The van der Waals surface area contributed by atoms with Crippen molar-refractivity contribution in [3.05, 3.63) is 12.3 Å². The molecule has 0 amide bonds. The van der Waals surface area contributed by atoms with Gasteiger partial charge in [-0.2, -0.15) is 0 Å². The molecule has 0 radical (unpaired) electrons. The van der Waals surface area contributed by atoms with Crippen LogP contribution in [0, 0.1) is 0 Å². The Balaban J connectivity index is 2.08. The number of aromatic nitrogens is 1. The molecule has 14 heavy (non-hydrogen) atoms. The van der Waals surface area contributed by atoms with Gasteiger partial charge in [-0.15, -0.1) is 0 Å². The first kappa shape index (κ1) is 9.08. The number of nitrogen functional groups attached to an aromatic ring is 2. The van der Waals surface area contributed by atoms with E-state index in [-0.39, 0.29) is 0 Å². The van der Waals surface area contributed by atoms with Crippen molar-refractivity contribution in [1.82, 2.24) is 10.3 Å². The lowest BCUT2D eigenvalue weighted by Crippen LogP contribution is -2.23. The van der Waals surface area contributed by atoms with Gasteiger partial charge in [-0.05, 0) is 19.0 Å². The van der Waals surface area contributed by atoms with E-state index in [4.69, 9.17) is 11.5 Å². The monoisotopic (exact) mass is 193 g/mol. The normalized spacial score (nSPS) is 21.0. The van der Waals surface area contributed by atoms with Gasteiger partial charge in [-0.25, -0.2) is 4.98 Å². The number of hydrogen-bond acceptors (Lipinski definition) is 5. The highest BCUT2D eigenvalue weighted by molar-refractivity contribution is 5.65. The van der Waals surface area contributed by atoms with E-state index in [1.165, 1.54) is 0 Å². The van der Waals surface area contributed by atoms with Crippen molar-refractivity contribution >= 4 is 17.2 Å². The van der Waals surface area contributed by atoms with E-state index in [1.54, 1.807) is 12.3 Å². The molecule has 1 atom stereocenters. The maximum absolute atomic E-state index is 5.77. The first-order valence-corrected chi connectivity index (χ1v) is 4.74. The lowest BCUT2D eigenvalue weighted by atomic mass is 10.2. The van der Waals surface area contributed by atoms with Crippen LogP contribution in [-0.2, 0) is 0 Å². The van der Waals surface area contributed by atoms with E-state index in [9.17, 15) is 0 Å². The molecule has 2 rings (SSSR count). The van der Waals surface area contributed by atoms with Crippen LogP contribution in [0.2, 0.25) is 0 Å². The number of anilines is 3. The minimum absolute atomic E-state index is 0.424. The highest BCUT2D eigenvalue weighted by Gasteiger charge is 2.15. The average molecular weight is 193 g/mol. The maximum Gasteiger partial charge on any atom is 0.149 e. The fraction of sp³-hybridized carbons (Fsp3) is 0.444. The van der Waals surface area contributed by atoms with Crippen LogP contribution in [0.5, 0.6) is 0 Å². The Morgan fingerprint density at radius 2 is 2.36 bits per heavy atom. The number of hydrogen-bond donors (Lipinski definition) is 4. The molecule has 1 unspecified atom stereocenters. The molecule has 2 heterocycles. The summed E-state index contributed by atoms with van der Waals surface area (Å²) in [4.78, 5) is 4.15. The largest absolute Gasteiger partial charge is 0.397 e. The molecule has 1 aromatic rings. The molecule has 5 nitrogen and oxygen atoms in total. The summed E-state index contributed by atoms with van der Waals surface area (Å²) in [5, 5.41) is 6.55. The summed E-state index contributed by atoms with van der Waals surface area (Å²) in [5.41, 5.74) is 12.5. The highest BCUT2D eigenvalue weighted by Crippen LogP contribution is 2.19. The second kappa shape index (κ2) is 3.71. The number of nitrogens with two attached hydrogens (primary N) is 2. The molecule has 1 aliphatic heterocycles. The molecule has 1 aliphatic rings. The fourth-order valence-electron chi connectivity index (χ4n) is 1.59. The molecular formula is C9H15N5. The smallest absolute Gasteiger partial charge is 0.149 e. The minimum atomic E-state index is 0.424. The zero-order valence-electron chi connectivity index (χ0n) is 7.96. The molecule has 1 aromatic heterocycles. The van der Waals surface area contributed by atoms with Gasteiger partial charge in [0.1, 0.15) is 5.82 Å². The zero-order chi connectivity index (χ0) is 9.97. The van der Waals surface area contributed by atoms with Gasteiger partial charge >= 0.3 is 0 Å². The van der Waals surface area contributed by atoms with Crippen molar-refractivity contribution in [1.29, 1.82) is 0 Å². The average Bonchev–Trinajstić information content (AvgIpc) is 2.62. The first-order chi connectivity index (χ1) is 6.75. The molecule has 0 aliphatic carbocycles. The van der Waals surface area contributed by atoms with E-state index >= 15 is 0 Å². The van der Waals surface area contributed by atoms with Crippen LogP contribution in [0.25, 0.3) is 0 Å². The number of nitrogens with one attached hydrogen (secondary N) is 2. The minimum Gasteiger partial charge on any atom is -0.397 e. The van der Waals surface area contributed by atoms with Crippen LogP contribution in [0.1, 0.15) is 6.42 Å². The number of pyridine rings is 1. The van der Waals surface area contributed by atoms with E-state index in [1.807, 2.05) is 0 Å². The van der Waals surface area contributed by atoms with Crippen LogP contribution < -0.4 is 22.1 Å². The van der Waals surface area contributed by atoms with E-state index in [0.29, 0.717) is 17.4 Å². The van der Waals surface area contributed by atoms with Gasteiger partial charge in [0.2, 0.25) is 0 Å². The standard InChI is InChI=1S/C9H15N5/c10-6-3-8(11)9(13-4-6)14-7-1-2-12-5-7/h3-4,7,12H,1-2,5,10-11H2,(H,13,14). The van der Waals surface area contributed by atoms with Gasteiger partial charge in [-0.3, -0.25) is 0 Å². The van der Waals surface area contributed by atoms with Crippen molar-refractivity contribution in [3.63, 3.8) is 0 Å². The highest BCUT2D eigenvalue weighted by atomic mass is 15.1. The van der Waals surface area contributed by atoms with Crippen LogP contribution >= 0.6 is 0 Å². The Bertz CT molecular complexity index is 319. The quantitative estimate of drug-likeness (QED) is 0.531. The van der Waals surface area contributed by atoms with Gasteiger partial charge in [0.05, 0.1) is 17.6 Å². The van der Waals surface area contributed by atoms with Gasteiger partial charge in [-0.1, -0.05) is 0 Å². The Labute approximate surface area is 82.9 Å². The summed E-state index contributed by atoms with van der Waals surface area (Å²) in [6.45, 7) is 2.01. The van der Waals surface area contributed by atoms with Gasteiger partial charge in [0.25, 0.3) is 0 Å². The van der Waals surface area contributed by atoms with Crippen LogP contribution in [-0.4, -0.2) is 24.1 Å². The summed E-state index contributed by atoms with van der Waals surface area (Å²) in [6.07, 6.45) is 2.71. The second-order valence-corrected chi connectivity index (χ2v) is 3.54. The van der Waals surface area contributed by atoms with Crippen molar-refractivity contribution in [2.75, 3.05) is 29.9 Å². The second-order valence-electron chi connectivity index (χ2n) is 3.54. The summed E-state index contributed by atoms with van der Waals surface area (Å²) in [6, 6.07) is 2.14. The van der Waals surface area contributed by atoms with Crippen molar-refractivity contribution in [2.45, 2.75) is 12.5 Å². The van der Waals surface area contributed by atoms with Crippen LogP contribution in [0.4, 0.5) is 17.2 Å². The van der Waals surface area contributed by atoms with E-state index in [2.05, 4.69) is 15.6 Å². The molecule has 1 fully saturated rings. The maximum atomic E-state index is 5.77. The predicted octanol–water partition coefficient (Wildman–Crippen LogP) is 0.0198. The molecule has 6 N–H and O–H groups in total. The Kier molecular flexibility index (Phi) is 2.41. The Morgan fingerprint density at radius 3 is 3.00 bits per heavy atom. The van der Waals surface area contributed by atoms with Crippen molar-refractivity contribution in [2.24, 2.45) is 0 Å². The molecule has 0 saturated carbocycles. The molecule has 1 saturated heterocycles. The molecule has 0 bridgehead atoms. The van der Waals surface area contributed by atoms with Crippen molar-refractivity contribution < 1.29 is 0 Å². The summed E-state index contributed by atoms with van der Waals surface area (Å²) in [5.74, 6) is 0.730. The van der Waals surface area contributed by atoms with Gasteiger partial charge < -0.3 is 22.1 Å². The van der Waals surface area contributed by atoms with Gasteiger partial charge in [0, 0.05) is 12.6 Å². The first-order valence-electron chi connectivity index (χ1n) is 4.74. The summed E-state index contributed by atoms with van der Waals surface area (Å²) >= 11 is 0. The topological polar surface area (TPSA) is 89.0 Å². The summed E-state index contributed by atoms with van der Waals surface area (Å²) in [7, 11) is 0. The fourth-order valence-corrected chi connectivity index (χ4v) is 1.59. The summed E-state index contributed by atoms with van der Waals surface area (Å²) < 4.78 is 0. The van der Waals surface area contributed by atoms with E-state index < -0.39 is 0 Å². The zero-order valence-corrected chi connectivity index (χ0v) is 7.96. The lowest BCUT2D eigenvalue weighted by Gasteiger charge is -2.13. The Morgan fingerprint density at radius 1 is 1.50 bits per heavy atom. The molecule has 0 aromatic carbocycles. The molecule has 0 spiro atoms. The SMILES string of the molecule is Nc1cnc(NC2CCNC2)c(N)c1. The third-order valence-corrected chi connectivity index (χ3v) is 2.34. The van der Waals surface area contributed by atoms with Crippen LogP contribution in [0.15, 0.2) is 12.3 Å². The lowest BCUT2D eigenvalue weighted by molar-refractivity contribution is 0.788. The Hall–Kier alpha value is -1.49. The third kappa shape index (κ3) is 1.88. The van der Waals surface area contributed by atoms with E-state index in [0.717, 1.165) is 25.3 Å². The van der Waals surface area contributed by atoms with Gasteiger partial charge in [0.15, 0.2) is 0 Å². The molecule has 5 heteroatoms.